The highest BCUT2D eigenvalue weighted by atomic mass is 15.1. The average Bonchev–Trinajstić information content (AvgIpc) is 2.59. The SMILES string of the molecule is Nc1cn2c(ncc3ncccc32)n1. The van der Waals surface area contributed by atoms with Crippen molar-refractivity contribution in [2.24, 2.45) is 0 Å². The van der Waals surface area contributed by atoms with Gasteiger partial charge in [0.2, 0.25) is 5.78 Å². The highest BCUT2D eigenvalue weighted by Crippen LogP contribution is 2.13. The Balaban J connectivity index is 2.60. The first-order chi connectivity index (χ1) is 6.84. The third-order valence-electron chi connectivity index (χ3n) is 2.08. The van der Waals surface area contributed by atoms with Crippen LogP contribution in [0.5, 0.6) is 0 Å². The van der Waals surface area contributed by atoms with Crippen LogP contribution in [0.15, 0.2) is 30.7 Å². The molecule has 0 aromatic carbocycles. The Labute approximate surface area is 79.2 Å². The topological polar surface area (TPSA) is 69.1 Å². The van der Waals surface area contributed by atoms with Gasteiger partial charge in [-0.05, 0) is 12.1 Å². The van der Waals surface area contributed by atoms with Gasteiger partial charge in [-0.25, -0.2) is 4.98 Å². The number of nitrogen functional groups attached to an aromatic ring is 1. The zero-order chi connectivity index (χ0) is 9.54. The highest BCUT2D eigenvalue weighted by Gasteiger charge is 2.03. The summed E-state index contributed by atoms with van der Waals surface area (Å²) in [5.74, 6) is 1.07. The van der Waals surface area contributed by atoms with E-state index in [9.17, 15) is 0 Å². The summed E-state index contributed by atoms with van der Waals surface area (Å²) in [7, 11) is 0. The van der Waals surface area contributed by atoms with Gasteiger partial charge in [-0.3, -0.25) is 9.38 Å². The highest BCUT2D eigenvalue weighted by molar-refractivity contribution is 5.76. The molecule has 0 fully saturated rings. The number of hydrogen-bond acceptors (Lipinski definition) is 4. The molecule has 3 heterocycles. The summed E-state index contributed by atoms with van der Waals surface area (Å²) in [5.41, 5.74) is 7.38. The quantitative estimate of drug-likeness (QED) is 0.564. The lowest BCUT2D eigenvalue weighted by Gasteiger charge is -1.97. The Kier molecular flexibility index (Phi) is 1.25. The smallest absolute Gasteiger partial charge is 0.236 e. The van der Waals surface area contributed by atoms with E-state index in [1.165, 1.54) is 0 Å². The van der Waals surface area contributed by atoms with Crippen LogP contribution in [0.4, 0.5) is 5.82 Å². The molecule has 14 heavy (non-hydrogen) atoms. The number of nitrogens with two attached hydrogens (primary N) is 1. The average molecular weight is 185 g/mol. The molecule has 3 aromatic heterocycles. The number of hydrogen-bond donors (Lipinski definition) is 1. The van der Waals surface area contributed by atoms with E-state index in [1.54, 1.807) is 18.6 Å². The van der Waals surface area contributed by atoms with Crippen LogP contribution in [-0.4, -0.2) is 19.4 Å². The Bertz CT molecular complexity index is 613. The maximum Gasteiger partial charge on any atom is 0.236 e. The monoisotopic (exact) mass is 185 g/mol. The van der Waals surface area contributed by atoms with Crippen LogP contribution >= 0.6 is 0 Å². The molecule has 0 atom stereocenters. The van der Waals surface area contributed by atoms with Gasteiger partial charge in [-0.15, -0.1) is 0 Å². The molecular weight excluding hydrogens is 178 g/mol. The van der Waals surface area contributed by atoms with Crippen molar-refractivity contribution in [3.8, 4) is 0 Å². The third-order valence-corrected chi connectivity index (χ3v) is 2.08. The molecule has 0 unspecified atom stereocenters. The molecule has 3 aromatic rings. The summed E-state index contributed by atoms with van der Waals surface area (Å²) in [6.45, 7) is 0. The number of rotatable bonds is 0. The molecule has 0 radical (unpaired) electrons. The van der Waals surface area contributed by atoms with Crippen molar-refractivity contribution >= 4 is 22.6 Å². The minimum atomic E-state index is 0.467. The van der Waals surface area contributed by atoms with E-state index in [4.69, 9.17) is 5.73 Å². The molecular formula is C9H7N5. The van der Waals surface area contributed by atoms with Crippen molar-refractivity contribution in [2.75, 3.05) is 5.73 Å². The number of anilines is 1. The van der Waals surface area contributed by atoms with E-state index in [0.29, 0.717) is 11.6 Å². The van der Waals surface area contributed by atoms with Crippen LogP contribution in [0.1, 0.15) is 0 Å². The summed E-state index contributed by atoms with van der Waals surface area (Å²) in [4.78, 5) is 12.4. The van der Waals surface area contributed by atoms with Gasteiger partial charge in [-0.1, -0.05) is 0 Å². The van der Waals surface area contributed by atoms with Crippen molar-refractivity contribution in [3.05, 3.63) is 30.7 Å². The van der Waals surface area contributed by atoms with E-state index >= 15 is 0 Å². The van der Waals surface area contributed by atoms with Gasteiger partial charge >= 0.3 is 0 Å². The first-order valence-corrected chi connectivity index (χ1v) is 4.19. The molecule has 0 saturated heterocycles. The number of fused-ring (bicyclic) bond motifs is 3. The minimum absolute atomic E-state index is 0.467. The van der Waals surface area contributed by atoms with Crippen molar-refractivity contribution < 1.29 is 0 Å². The lowest BCUT2D eigenvalue weighted by atomic mass is 10.4. The van der Waals surface area contributed by atoms with E-state index in [0.717, 1.165) is 11.0 Å². The molecule has 3 rings (SSSR count). The first kappa shape index (κ1) is 7.25. The Morgan fingerprint density at radius 1 is 1.29 bits per heavy atom. The second-order valence-electron chi connectivity index (χ2n) is 3.00. The zero-order valence-electron chi connectivity index (χ0n) is 7.25. The van der Waals surface area contributed by atoms with E-state index in [-0.39, 0.29) is 0 Å². The van der Waals surface area contributed by atoms with E-state index < -0.39 is 0 Å². The molecule has 5 nitrogen and oxygen atoms in total. The molecule has 5 heteroatoms. The standard InChI is InChI=1S/C9H7N5/c10-8-5-14-7-2-1-3-11-6(7)4-12-9(14)13-8/h1-5H,10H2. The summed E-state index contributed by atoms with van der Waals surface area (Å²) in [6.07, 6.45) is 5.17. The van der Waals surface area contributed by atoms with Gasteiger partial charge in [0.15, 0.2) is 0 Å². The van der Waals surface area contributed by atoms with Gasteiger partial charge in [0, 0.05) is 6.20 Å². The maximum atomic E-state index is 5.59. The summed E-state index contributed by atoms with van der Waals surface area (Å²) in [5, 5.41) is 0. The molecule has 68 valence electrons. The van der Waals surface area contributed by atoms with Crippen LogP contribution in [0.2, 0.25) is 0 Å². The predicted molar refractivity (Wildman–Crippen MR) is 52.7 cm³/mol. The van der Waals surface area contributed by atoms with Crippen molar-refractivity contribution in [3.63, 3.8) is 0 Å². The fourth-order valence-electron chi connectivity index (χ4n) is 1.49. The van der Waals surface area contributed by atoms with Crippen LogP contribution < -0.4 is 5.73 Å². The van der Waals surface area contributed by atoms with Gasteiger partial charge < -0.3 is 5.73 Å². The molecule has 0 spiro atoms. The number of pyridine rings is 1. The summed E-state index contributed by atoms with van der Waals surface area (Å²) in [6, 6.07) is 3.83. The number of nitrogens with zero attached hydrogens (tertiary/aromatic N) is 4. The number of aromatic nitrogens is 4. The molecule has 0 aliphatic carbocycles. The largest absolute Gasteiger partial charge is 0.382 e. The molecule has 2 N–H and O–H groups in total. The molecule has 0 bridgehead atoms. The Hall–Kier alpha value is -2.17. The fourth-order valence-corrected chi connectivity index (χ4v) is 1.49. The Morgan fingerprint density at radius 3 is 3.14 bits per heavy atom. The van der Waals surface area contributed by atoms with Crippen molar-refractivity contribution in [1.82, 2.24) is 19.4 Å². The van der Waals surface area contributed by atoms with E-state index in [1.807, 2.05) is 16.5 Å². The second-order valence-corrected chi connectivity index (χ2v) is 3.00. The minimum Gasteiger partial charge on any atom is -0.382 e. The molecule has 0 amide bonds. The van der Waals surface area contributed by atoms with Crippen LogP contribution in [0.3, 0.4) is 0 Å². The van der Waals surface area contributed by atoms with Gasteiger partial charge in [0.1, 0.15) is 11.3 Å². The normalized spacial score (nSPS) is 11.1. The zero-order valence-corrected chi connectivity index (χ0v) is 7.25. The molecule has 0 aliphatic heterocycles. The van der Waals surface area contributed by atoms with Gasteiger partial charge in [0.25, 0.3) is 0 Å². The van der Waals surface area contributed by atoms with Crippen molar-refractivity contribution in [1.29, 1.82) is 0 Å². The predicted octanol–water partition coefficient (Wildman–Crippen LogP) is 0.860. The fraction of sp³-hybridized carbons (Fsp3) is 0. The number of imidazole rings is 1. The molecule has 0 saturated carbocycles. The van der Waals surface area contributed by atoms with Gasteiger partial charge in [-0.2, -0.15) is 4.98 Å². The first-order valence-electron chi connectivity index (χ1n) is 4.19. The van der Waals surface area contributed by atoms with Crippen LogP contribution in [0, 0.1) is 0 Å². The second kappa shape index (κ2) is 2.41. The van der Waals surface area contributed by atoms with Crippen LogP contribution in [0.25, 0.3) is 16.8 Å². The van der Waals surface area contributed by atoms with Crippen LogP contribution in [-0.2, 0) is 0 Å². The third kappa shape index (κ3) is 0.861. The molecule has 0 aliphatic rings. The lowest BCUT2D eigenvalue weighted by molar-refractivity contribution is 1.15. The lowest BCUT2D eigenvalue weighted by Crippen LogP contribution is -1.91. The summed E-state index contributed by atoms with van der Waals surface area (Å²) >= 11 is 0. The van der Waals surface area contributed by atoms with Gasteiger partial charge in [0.05, 0.1) is 17.9 Å². The Morgan fingerprint density at radius 2 is 2.21 bits per heavy atom. The van der Waals surface area contributed by atoms with Crippen molar-refractivity contribution in [2.45, 2.75) is 0 Å². The van der Waals surface area contributed by atoms with E-state index in [2.05, 4.69) is 15.0 Å². The maximum absolute atomic E-state index is 5.59. The summed E-state index contributed by atoms with van der Waals surface area (Å²) < 4.78 is 1.83.